The molecule has 1 aliphatic carbocycles. The Kier molecular flexibility index (Phi) is 3.04. The smallest absolute Gasteiger partial charge is 0.358 e. The Morgan fingerprint density at radius 2 is 2.25 bits per heavy atom. The second-order valence-corrected chi connectivity index (χ2v) is 5.45. The van der Waals surface area contributed by atoms with Crippen LogP contribution in [0, 0.1) is 0 Å². The summed E-state index contributed by atoms with van der Waals surface area (Å²) in [7, 11) is 0. The predicted octanol–water partition coefficient (Wildman–Crippen LogP) is 1.68. The summed E-state index contributed by atoms with van der Waals surface area (Å²) in [5.74, 6) is -0.720. The lowest BCUT2D eigenvalue weighted by atomic mass is 10.2. The van der Waals surface area contributed by atoms with Crippen molar-refractivity contribution in [1.29, 1.82) is 0 Å². The fourth-order valence-electron chi connectivity index (χ4n) is 2.42. The Bertz CT molecular complexity index is 639. The van der Waals surface area contributed by atoms with Crippen molar-refractivity contribution in [1.82, 2.24) is 24.5 Å². The lowest BCUT2D eigenvalue weighted by molar-refractivity contribution is 0.0689. The van der Waals surface area contributed by atoms with Gasteiger partial charge < -0.3 is 9.67 Å². The molecule has 1 N–H and O–H groups in total. The van der Waals surface area contributed by atoms with Crippen molar-refractivity contribution in [3.63, 3.8) is 0 Å². The zero-order valence-corrected chi connectivity index (χ0v) is 11.5. The molecular formula is C13H17N5O2. The number of hydrogen-bond acceptors (Lipinski definition) is 4. The standard InChI is InChI=1S/C13H17N5O2/c1-8(2)17-7-14-5-10(17)6-18-12(9-3-4-9)11(13(19)20)15-16-18/h5,7-9H,3-4,6H2,1-2H3,(H,19,20). The Morgan fingerprint density at radius 1 is 1.50 bits per heavy atom. The van der Waals surface area contributed by atoms with Crippen molar-refractivity contribution in [3.8, 4) is 0 Å². The van der Waals surface area contributed by atoms with Crippen LogP contribution in [-0.2, 0) is 6.54 Å². The highest BCUT2D eigenvalue weighted by atomic mass is 16.4. The van der Waals surface area contributed by atoms with Crippen LogP contribution >= 0.6 is 0 Å². The van der Waals surface area contributed by atoms with Crippen molar-refractivity contribution in [2.24, 2.45) is 0 Å². The van der Waals surface area contributed by atoms with Crippen LogP contribution in [0.3, 0.4) is 0 Å². The van der Waals surface area contributed by atoms with Gasteiger partial charge in [-0.3, -0.25) is 0 Å². The van der Waals surface area contributed by atoms with Gasteiger partial charge in [-0.15, -0.1) is 5.10 Å². The van der Waals surface area contributed by atoms with Crippen molar-refractivity contribution in [2.45, 2.75) is 45.2 Å². The van der Waals surface area contributed by atoms with Gasteiger partial charge in [0.05, 0.1) is 30.5 Å². The number of carboxylic acid groups (broad SMARTS) is 1. The van der Waals surface area contributed by atoms with E-state index in [1.807, 2.05) is 0 Å². The van der Waals surface area contributed by atoms with Crippen molar-refractivity contribution in [3.05, 3.63) is 29.6 Å². The van der Waals surface area contributed by atoms with Crippen LogP contribution in [0.1, 0.15) is 60.5 Å². The van der Waals surface area contributed by atoms with Crippen LogP contribution in [0.15, 0.2) is 12.5 Å². The molecular weight excluding hydrogens is 258 g/mol. The molecule has 0 aliphatic heterocycles. The molecule has 0 unspecified atom stereocenters. The molecule has 0 aromatic carbocycles. The van der Waals surface area contributed by atoms with Crippen LogP contribution in [0.5, 0.6) is 0 Å². The molecule has 2 aromatic rings. The molecule has 3 rings (SSSR count). The van der Waals surface area contributed by atoms with Gasteiger partial charge in [-0.1, -0.05) is 5.21 Å². The monoisotopic (exact) mass is 275 g/mol. The summed E-state index contributed by atoms with van der Waals surface area (Å²) in [4.78, 5) is 15.4. The van der Waals surface area contributed by atoms with Gasteiger partial charge in [0.2, 0.25) is 0 Å². The van der Waals surface area contributed by atoms with E-state index in [1.165, 1.54) is 0 Å². The highest BCUT2D eigenvalue weighted by Gasteiger charge is 2.33. The first kappa shape index (κ1) is 12.8. The Hall–Kier alpha value is -2.18. The van der Waals surface area contributed by atoms with E-state index in [2.05, 4.69) is 33.7 Å². The number of nitrogens with zero attached hydrogens (tertiary/aromatic N) is 5. The molecule has 2 aromatic heterocycles. The van der Waals surface area contributed by atoms with Crippen molar-refractivity contribution < 1.29 is 9.90 Å². The number of carboxylic acids is 1. The minimum absolute atomic E-state index is 0.0862. The molecule has 1 fully saturated rings. The van der Waals surface area contributed by atoms with Gasteiger partial charge in [0.1, 0.15) is 0 Å². The molecule has 2 heterocycles. The summed E-state index contributed by atoms with van der Waals surface area (Å²) in [6.07, 6.45) is 5.60. The maximum Gasteiger partial charge on any atom is 0.358 e. The quantitative estimate of drug-likeness (QED) is 0.897. The maximum absolute atomic E-state index is 11.2. The average Bonchev–Trinajstić information content (AvgIpc) is 2.97. The van der Waals surface area contributed by atoms with Gasteiger partial charge in [-0.25, -0.2) is 14.5 Å². The number of imidazole rings is 1. The van der Waals surface area contributed by atoms with Crippen LogP contribution in [0.25, 0.3) is 0 Å². The van der Waals surface area contributed by atoms with Gasteiger partial charge in [0, 0.05) is 12.0 Å². The van der Waals surface area contributed by atoms with Crippen molar-refractivity contribution >= 4 is 5.97 Å². The zero-order chi connectivity index (χ0) is 14.3. The topological polar surface area (TPSA) is 85.8 Å². The van der Waals surface area contributed by atoms with E-state index in [-0.39, 0.29) is 11.6 Å². The average molecular weight is 275 g/mol. The molecule has 20 heavy (non-hydrogen) atoms. The van der Waals surface area contributed by atoms with E-state index in [4.69, 9.17) is 0 Å². The molecule has 0 amide bonds. The van der Waals surface area contributed by atoms with Crippen molar-refractivity contribution in [2.75, 3.05) is 0 Å². The summed E-state index contributed by atoms with van der Waals surface area (Å²) in [6.45, 7) is 4.66. The molecule has 7 nitrogen and oxygen atoms in total. The van der Waals surface area contributed by atoms with E-state index in [9.17, 15) is 9.90 Å². The SMILES string of the molecule is CC(C)n1cncc1Cn1nnc(C(=O)O)c1C1CC1. The first-order chi connectivity index (χ1) is 9.58. The third kappa shape index (κ3) is 2.19. The van der Waals surface area contributed by atoms with E-state index >= 15 is 0 Å². The fourth-order valence-corrected chi connectivity index (χ4v) is 2.42. The number of aromatic nitrogens is 5. The second-order valence-electron chi connectivity index (χ2n) is 5.45. The lowest BCUT2D eigenvalue weighted by Gasteiger charge is -2.12. The number of rotatable bonds is 5. The molecule has 7 heteroatoms. The summed E-state index contributed by atoms with van der Waals surface area (Å²) in [6, 6.07) is 0.305. The zero-order valence-electron chi connectivity index (χ0n) is 11.5. The Labute approximate surface area is 116 Å². The summed E-state index contributed by atoms with van der Waals surface area (Å²) in [5.41, 5.74) is 1.83. The van der Waals surface area contributed by atoms with Gasteiger partial charge in [-0.05, 0) is 26.7 Å². The highest BCUT2D eigenvalue weighted by molar-refractivity contribution is 5.86. The van der Waals surface area contributed by atoms with Crippen LogP contribution in [-0.4, -0.2) is 35.6 Å². The predicted molar refractivity (Wildman–Crippen MR) is 70.7 cm³/mol. The molecule has 1 aliphatic rings. The fraction of sp³-hybridized carbons (Fsp3) is 0.538. The molecule has 1 saturated carbocycles. The summed E-state index contributed by atoms with van der Waals surface area (Å²) in [5, 5.41) is 17.0. The molecule has 106 valence electrons. The first-order valence-corrected chi connectivity index (χ1v) is 6.75. The number of aromatic carboxylic acids is 1. The molecule has 0 saturated heterocycles. The van der Waals surface area contributed by atoms with Gasteiger partial charge in [-0.2, -0.15) is 0 Å². The van der Waals surface area contributed by atoms with Gasteiger partial charge in [0.15, 0.2) is 5.69 Å². The normalized spacial score (nSPS) is 14.9. The van der Waals surface area contributed by atoms with E-state index < -0.39 is 5.97 Å². The van der Waals surface area contributed by atoms with Crippen LogP contribution in [0.2, 0.25) is 0 Å². The largest absolute Gasteiger partial charge is 0.476 e. The van der Waals surface area contributed by atoms with Gasteiger partial charge >= 0.3 is 5.97 Å². The van der Waals surface area contributed by atoms with Crippen LogP contribution < -0.4 is 0 Å². The minimum Gasteiger partial charge on any atom is -0.476 e. The molecule has 0 bridgehead atoms. The Morgan fingerprint density at radius 3 is 2.85 bits per heavy atom. The number of hydrogen-bond donors (Lipinski definition) is 1. The van der Waals surface area contributed by atoms with Gasteiger partial charge in [0.25, 0.3) is 0 Å². The highest BCUT2D eigenvalue weighted by Crippen LogP contribution is 2.41. The first-order valence-electron chi connectivity index (χ1n) is 6.75. The Balaban J connectivity index is 1.95. The third-order valence-corrected chi connectivity index (χ3v) is 3.55. The lowest BCUT2D eigenvalue weighted by Crippen LogP contribution is -2.12. The molecule has 0 radical (unpaired) electrons. The number of carbonyl (C=O) groups is 1. The van der Waals surface area contributed by atoms with Crippen LogP contribution in [0.4, 0.5) is 0 Å². The van der Waals surface area contributed by atoms with E-state index in [1.54, 1.807) is 17.2 Å². The third-order valence-electron chi connectivity index (χ3n) is 3.55. The second kappa shape index (κ2) is 4.73. The maximum atomic E-state index is 11.2. The summed E-state index contributed by atoms with van der Waals surface area (Å²) < 4.78 is 3.76. The summed E-state index contributed by atoms with van der Waals surface area (Å²) >= 11 is 0. The molecule has 0 atom stereocenters. The van der Waals surface area contributed by atoms with E-state index in [0.717, 1.165) is 24.2 Å². The van der Waals surface area contributed by atoms with E-state index in [0.29, 0.717) is 12.6 Å². The molecule has 0 spiro atoms. The minimum atomic E-state index is -1.00.